The van der Waals surface area contributed by atoms with Crippen LogP contribution in [0.25, 0.3) is 0 Å². The van der Waals surface area contributed by atoms with Crippen LogP contribution >= 0.6 is 15.9 Å². The predicted molar refractivity (Wildman–Crippen MR) is 85.1 cm³/mol. The SMILES string of the molecule is CNC1CC(c2cc(C)ccc2F)Oc2ccc(Br)cc21. The lowest BCUT2D eigenvalue weighted by atomic mass is 9.92. The molecule has 2 atom stereocenters. The van der Waals surface area contributed by atoms with Crippen molar-refractivity contribution >= 4 is 15.9 Å². The zero-order valence-corrected chi connectivity index (χ0v) is 13.6. The van der Waals surface area contributed by atoms with Gasteiger partial charge in [-0.1, -0.05) is 27.6 Å². The Labute approximate surface area is 132 Å². The van der Waals surface area contributed by atoms with Crippen LogP contribution in [-0.2, 0) is 0 Å². The molecule has 0 saturated heterocycles. The predicted octanol–water partition coefficient (Wildman–Crippen LogP) is 4.68. The van der Waals surface area contributed by atoms with Crippen LogP contribution in [0, 0.1) is 12.7 Å². The summed E-state index contributed by atoms with van der Waals surface area (Å²) in [6.07, 6.45) is 0.441. The van der Waals surface area contributed by atoms with Crippen molar-refractivity contribution in [3.63, 3.8) is 0 Å². The zero-order chi connectivity index (χ0) is 15.0. The Hall–Kier alpha value is -1.39. The molecule has 0 spiro atoms. The van der Waals surface area contributed by atoms with E-state index in [4.69, 9.17) is 4.74 Å². The Balaban J connectivity index is 2.00. The summed E-state index contributed by atoms with van der Waals surface area (Å²) in [5.41, 5.74) is 2.78. The largest absolute Gasteiger partial charge is 0.485 e. The number of aryl methyl sites for hydroxylation is 1. The van der Waals surface area contributed by atoms with E-state index in [1.807, 2.05) is 32.2 Å². The van der Waals surface area contributed by atoms with Gasteiger partial charge in [0.1, 0.15) is 17.7 Å². The zero-order valence-electron chi connectivity index (χ0n) is 12.0. The van der Waals surface area contributed by atoms with Crippen molar-refractivity contribution < 1.29 is 9.13 Å². The Bertz CT molecular complexity index is 674. The van der Waals surface area contributed by atoms with E-state index >= 15 is 0 Å². The lowest BCUT2D eigenvalue weighted by Gasteiger charge is -2.32. The molecule has 2 aromatic rings. The fraction of sp³-hybridized carbons (Fsp3) is 0.294. The molecule has 0 fully saturated rings. The van der Waals surface area contributed by atoms with Gasteiger partial charge in [0, 0.05) is 28.1 Å². The molecular weight excluding hydrogens is 333 g/mol. The lowest BCUT2D eigenvalue weighted by molar-refractivity contribution is 0.150. The standard InChI is InChI=1S/C17H17BrFNO/c1-10-3-5-14(19)12(7-10)17-9-15(20-2)13-8-11(18)4-6-16(13)21-17/h3-8,15,17,20H,9H2,1-2H3. The first kappa shape index (κ1) is 14.5. The van der Waals surface area contributed by atoms with E-state index in [-0.39, 0.29) is 18.0 Å². The van der Waals surface area contributed by atoms with Crippen LogP contribution < -0.4 is 10.1 Å². The average molecular weight is 350 g/mol. The van der Waals surface area contributed by atoms with Crippen molar-refractivity contribution in [2.24, 2.45) is 0 Å². The number of fused-ring (bicyclic) bond motifs is 1. The maximum atomic E-state index is 14.1. The maximum absolute atomic E-state index is 14.1. The maximum Gasteiger partial charge on any atom is 0.130 e. The van der Waals surface area contributed by atoms with Crippen molar-refractivity contribution in [3.05, 3.63) is 63.4 Å². The van der Waals surface area contributed by atoms with Crippen molar-refractivity contribution in [2.75, 3.05) is 7.05 Å². The highest BCUT2D eigenvalue weighted by Gasteiger charge is 2.30. The molecular formula is C17H17BrFNO. The average Bonchev–Trinajstić information content (AvgIpc) is 2.48. The Kier molecular flexibility index (Phi) is 4.00. The van der Waals surface area contributed by atoms with Gasteiger partial charge in [-0.25, -0.2) is 4.39 Å². The summed E-state index contributed by atoms with van der Waals surface area (Å²) in [5, 5.41) is 3.30. The van der Waals surface area contributed by atoms with E-state index in [9.17, 15) is 4.39 Å². The van der Waals surface area contributed by atoms with E-state index in [2.05, 4.69) is 27.3 Å². The second-order valence-corrected chi connectivity index (χ2v) is 6.31. The summed E-state index contributed by atoms with van der Waals surface area (Å²) < 4.78 is 21.2. The van der Waals surface area contributed by atoms with Gasteiger partial charge in [-0.05, 0) is 44.3 Å². The number of benzene rings is 2. The number of rotatable bonds is 2. The van der Waals surface area contributed by atoms with E-state index in [0.29, 0.717) is 12.0 Å². The third kappa shape index (κ3) is 2.83. The molecule has 2 nitrogen and oxygen atoms in total. The van der Waals surface area contributed by atoms with Crippen LogP contribution in [0.1, 0.15) is 35.3 Å². The van der Waals surface area contributed by atoms with Gasteiger partial charge in [-0.2, -0.15) is 0 Å². The first-order chi connectivity index (χ1) is 10.1. The highest BCUT2D eigenvalue weighted by molar-refractivity contribution is 9.10. The molecule has 3 rings (SSSR count). The molecule has 1 heterocycles. The van der Waals surface area contributed by atoms with Crippen molar-refractivity contribution in [1.29, 1.82) is 0 Å². The molecule has 0 aliphatic carbocycles. The number of hydrogen-bond acceptors (Lipinski definition) is 2. The Morgan fingerprint density at radius 3 is 2.76 bits per heavy atom. The summed E-state index contributed by atoms with van der Waals surface area (Å²) in [4.78, 5) is 0. The Morgan fingerprint density at radius 1 is 1.19 bits per heavy atom. The van der Waals surface area contributed by atoms with Gasteiger partial charge < -0.3 is 10.1 Å². The van der Waals surface area contributed by atoms with E-state index in [1.54, 1.807) is 6.07 Å². The number of hydrogen-bond donors (Lipinski definition) is 1. The highest BCUT2D eigenvalue weighted by atomic mass is 79.9. The lowest BCUT2D eigenvalue weighted by Crippen LogP contribution is -2.27. The van der Waals surface area contributed by atoms with Gasteiger partial charge in [0.15, 0.2) is 0 Å². The molecule has 2 unspecified atom stereocenters. The smallest absolute Gasteiger partial charge is 0.130 e. The van der Waals surface area contributed by atoms with Gasteiger partial charge in [-0.3, -0.25) is 0 Å². The topological polar surface area (TPSA) is 21.3 Å². The molecule has 0 bridgehead atoms. The third-order valence-electron chi connectivity index (χ3n) is 3.91. The quantitative estimate of drug-likeness (QED) is 0.849. The van der Waals surface area contributed by atoms with Gasteiger partial charge in [0.25, 0.3) is 0 Å². The first-order valence-electron chi connectivity index (χ1n) is 6.98. The molecule has 2 aromatic carbocycles. The molecule has 0 amide bonds. The van der Waals surface area contributed by atoms with Gasteiger partial charge in [0.05, 0.1) is 0 Å². The highest BCUT2D eigenvalue weighted by Crippen LogP contribution is 2.42. The van der Waals surface area contributed by atoms with Crippen LogP contribution in [0.5, 0.6) is 5.75 Å². The molecule has 1 N–H and O–H groups in total. The molecule has 4 heteroatoms. The number of halogens is 2. The van der Waals surface area contributed by atoms with Gasteiger partial charge >= 0.3 is 0 Å². The summed E-state index contributed by atoms with van der Waals surface area (Å²) in [5.74, 6) is 0.607. The molecule has 1 aliphatic rings. The molecule has 0 radical (unpaired) electrons. The van der Waals surface area contributed by atoms with Crippen molar-refractivity contribution in [1.82, 2.24) is 5.32 Å². The molecule has 1 aliphatic heterocycles. The minimum atomic E-state index is -0.268. The molecule has 0 aromatic heterocycles. The second kappa shape index (κ2) is 5.78. The normalized spacial score (nSPS) is 20.8. The first-order valence-corrected chi connectivity index (χ1v) is 7.77. The van der Waals surface area contributed by atoms with Crippen LogP contribution in [0.4, 0.5) is 4.39 Å². The van der Waals surface area contributed by atoms with E-state index in [1.165, 1.54) is 6.07 Å². The van der Waals surface area contributed by atoms with Gasteiger partial charge in [0.2, 0.25) is 0 Å². The van der Waals surface area contributed by atoms with Crippen LogP contribution in [0.15, 0.2) is 40.9 Å². The summed E-state index contributed by atoms with van der Waals surface area (Å²) in [6, 6.07) is 11.2. The summed E-state index contributed by atoms with van der Waals surface area (Å²) >= 11 is 3.48. The minimum absolute atomic E-state index is 0.149. The fourth-order valence-corrected chi connectivity index (χ4v) is 3.19. The fourth-order valence-electron chi connectivity index (χ4n) is 2.82. The van der Waals surface area contributed by atoms with Gasteiger partial charge in [-0.15, -0.1) is 0 Å². The minimum Gasteiger partial charge on any atom is -0.485 e. The van der Waals surface area contributed by atoms with E-state index in [0.717, 1.165) is 21.3 Å². The molecule has 0 saturated carbocycles. The van der Waals surface area contributed by atoms with Crippen LogP contribution in [0.2, 0.25) is 0 Å². The van der Waals surface area contributed by atoms with Crippen LogP contribution in [0.3, 0.4) is 0 Å². The Morgan fingerprint density at radius 2 is 2.00 bits per heavy atom. The van der Waals surface area contributed by atoms with Crippen LogP contribution in [-0.4, -0.2) is 7.05 Å². The molecule has 110 valence electrons. The summed E-state index contributed by atoms with van der Waals surface area (Å²) in [7, 11) is 1.92. The number of nitrogens with one attached hydrogen (secondary N) is 1. The summed E-state index contributed by atoms with van der Waals surface area (Å²) in [6.45, 7) is 1.96. The van der Waals surface area contributed by atoms with Crippen molar-refractivity contribution in [3.8, 4) is 5.75 Å². The second-order valence-electron chi connectivity index (χ2n) is 5.39. The monoisotopic (exact) mass is 349 g/mol. The van der Waals surface area contributed by atoms with E-state index < -0.39 is 0 Å². The molecule has 21 heavy (non-hydrogen) atoms. The number of ether oxygens (including phenoxy) is 1. The van der Waals surface area contributed by atoms with Crippen molar-refractivity contribution in [2.45, 2.75) is 25.5 Å². The third-order valence-corrected chi connectivity index (χ3v) is 4.41.